The summed E-state index contributed by atoms with van der Waals surface area (Å²) in [4.78, 5) is 0. The van der Waals surface area contributed by atoms with E-state index in [0.717, 1.165) is 18.6 Å². The van der Waals surface area contributed by atoms with E-state index < -0.39 is 0 Å². The Labute approximate surface area is 69.7 Å². The summed E-state index contributed by atoms with van der Waals surface area (Å²) in [7, 11) is 0. The lowest BCUT2D eigenvalue weighted by Crippen LogP contribution is -1.98. The van der Waals surface area contributed by atoms with Crippen molar-refractivity contribution in [1.29, 1.82) is 5.41 Å². The normalized spacial score (nSPS) is 23.1. The second-order valence-corrected chi connectivity index (χ2v) is 3.58. The maximum atomic E-state index is 7.59. The molecule has 0 aromatic carbocycles. The van der Waals surface area contributed by atoms with Gasteiger partial charge in [0.15, 0.2) is 0 Å². The van der Waals surface area contributed by atoms with E-state index in [1.807, 2.05) is 0 Å². The molecule has 0 aromatic rings. The number of hydrogen-bond donors (Lipinski definition) is 1. The fourth-order valence-electron chi connectivity index (χ4n) is 1.69. The molecule has 1 fully saturated rings. The highest BCUT2D eigenvalue weighted by atomic mass is 14.4. The van der Waals surface area contributed by atoms with Gasteiger partial charge in [0.05, 0.1) is 0 Å². The molecule has 0 radical (unpaired) electrons. The molecule has 1 nitrogen and oxygen atoms in total. The van der Waals surface area contributed by atoms with Crippen molar-refractivity contribution in [2.75, 3.05) is 0 Å². The molecule has 0 amide bonds. The highest BCUT2D eigenvalue weighted by molar-refractivity contribution is 5.81. The molecule has 1 N–H and O–H groups in total. The molecule has 11 heavy (non-hydrogen) atoms. The van der Waals surface area contributed by atoms with Crippen molar-refractivity contribution in [1.82, 2.24) is 0 Å². The fourth-order valence-corrected chi connectivity index (χ4v) is 1.69. The molecule has 0 saturated heterocycles. The van der Waals surface area contributed by atoms with Gasteiger partial charge in [0.1, 0.15) is 0 Å². The first-order valence-electron chi connectivity index (χ1n) is 4.96. The standard InChI is InChI=1S/C10H19N/c11-10-8-6-4-2-1-3-5-7-9-10/h11H,1-9H2. The van der Waals surface area contributed by atoms with Crippen LogP contribution in [0.25, 0.3) is 0 Å². The lowest BCUT2D eigenvalue weighted by molar-refractivity contribution is 0.574. The number of nitrogens with one attached hydrogen (secondary N) is 1. The van der Waals surface area contributed by atoms with Crippen molar-refractivity contribution in [3.05, 3.63) is 0 Å². The first kappa shape index (κ1) is 8.76. The zero-order valence-corrected chi connectivity index (χ0v) is 7.36. The van der Waals surface area contributed by atoms with Crippen molar-refractivity contribution in [3.63, 3.8) is 0 Å². The molecular weight excluding hydrogens is 134 g/mol. The molecule has 0 aromatic heterocycles. The third-order valence-corrected chi connectivity index (χ3v) is 2.46. The summed E-state index contributed by atoms with van der Waals surface area (Å²) < 4.78 is 0. The minimum Gasteiger partial charge on any atom is -0.310 e. The van der Waals surface area contributed by atoms with Crippen LogP contribution >= 0.6 is 0 Å². The average Bonchev–Trinajstić information content (AvgIpc) is 2.03. The van der Waals surface area contributed by atoms with Crippen LogP contribution < -0.4 is 0 Å². The zero-order valence-electron chi connectivity index (χ0n) is 7.36. The van der Waals surface area contributed by atoms with Crippen molar-refractivity contribution in [2.45, 2.75) is 57.8 Å². The molecule has 0 aliphatic heterocycles. The smallest absolute Gasteiger partial charge is 0.00891 e. The lowest BCUT2D eigenvalue weighted by atomic mass is 10.00. The number of rotatable bonds is 0. The Morgan fingerprint density at radius 2 is 1.00 bits per heavy atom. The Morgan fingerprint density at radius 3 is 1.45 bits per heavy atom. The van der Waals surface area contributed by atoms with E-state index in [2.05, 4.69) is 0 Å². The van der Waals surface area contributed by atoms with Crippen molar-refractivity contribution in [3.8, 4) is 0 Å². The van der Waals surface area contributed by atoms with E-state index in [9.17, 15) is 0 Å². The fraction of sp³-hybridized carbons (Fsp3) is 0.900. The minimum absolute atomic E-state index is 0.993. The molecule has 1 aliphatic carbocycles. The maximum absolute atomic E-state index is 7.59. The molecule has 0 spiro atoms. The van der Waals surface area contributed by atoms with Gasteiger partial charge in [-0.15, -0.1) is 0 Å². The first-order chi connectivity index (χ1) is 5.39. The monoisotopic (exact) mass is 153 g/mol. The summed E-state index contributed by atoms with van der Waals surface area (Å²) in [5.74, 6) is 0. The Balaban J connectivity index is 2.17. The van der Waals surface area contributed by atoms with Gasteiger partial charge in [0.2, 0.25) is 0 Å². The van der Waals surface area contributed by atoms with E-state index in [4.69, 9.17) is 5.41 Å². The molecule has 1 saturated carbocycles. The molecule has 1 aliphatic rings. The second-order valence-electron chi connectivity index (χ2n) is 3.58. The van der Waals surface area contributed by atoms with Gasteiger partial charge in [-0.1, -0.05) is 32.1 Å². The average molecular weight is 153 g/mol. The van der Waals surface area contributed by atoms with Crippen LogP contribution in [-0.4, -0.2) is 5.71 Å². The van der Waals surface area contributed by atoms with Gasteiger partial charge in [-0.05, 0) is 25.7 Å². The lowest BCUT2D eigenvalue weighted by Gasteiger charge is -2.07. The van der Waals surface area contributed by atoms with Crippen LogP contribution in [0.1, 0.15) is 57.8 Å². The van der Waals surface area contributed by atoms with Gasteiger partial charge in [-0.2, -0.15) is 0 Å². The third kappa shape index (κ3) is 4.18. The van der Waals surface area contributed by atoms with Crippen molar-refractivity contribution >= 4 is 5.71 Å². The highest BCUT2D eigenvalue weighted by Gasteiger charge is 2.00. The Hall–Kier alpha value is -0.330. The molecule has 1 rings (SSSR count). The third-order valence-electron chi connectivity index (χ3n) is 2.46. The van der Waals surface area contributed by atoms with Gasteiger partial charge >= 0.3 is 0 Å². The molecule has 0 unspecified atom stereocenters. The zero-order chi connectivity index (χ0) is 7.94. The molecule has 64 valence electrons. The minimum atomic E-state index is 0.993. The van der Waals surface area contributed by atoms with Gasteiger partial charge in [0, 0.05) is 5.71 Å². The van der Waals surface area contributed by atoms with Gasteiger partial charge in [-0.3, -0.25) is 0 Å². The largest absolute Gasteiger partial charge is 0.310 e. The van der Waals surface area contributed by atoms with Gasteiger partial charge < -0.3 is 5.41 Å². The quantitative estimate of drug-likeness (QED) is 0.550. The Bertz CT molecular complexity index is 106. The first-order valence-corrected chi connectivity index (χ1v) is 4.96. The maximum Gasteiger partial charge on any atom is 0.00891 e. The summed E-state index contributed by atoms with van der Waals surface area (Å²) in [5, 5.41) is 7.59. The predicted molar refractivity (Wildman–Crippen MR) is 49.3 cm³/mol. The van der Waals surface area contributed by atoms with Crippen LogP contribution in [0, 0.1) is 5.41 Å². The topological polar surface area (TPSA) is 23.9 Å². The van der Waals surface area contributed by atoms with Crippen molar-refractivity contribution < 1.29 is 0 Å². The predicted octanol–water partition coefficient (Wildman–Crippen LogP) is 3.53. The molecular formula is C10H19N. The summed E-state index contributed by atoms with van der Waals surface area (Å²) in [6.07, 6.45) is 11.6. The molecule has 0 heterocycles. The van der Waals surface area contributed by atoms with E-state index in [1.54, 1.807) is 0 Å². The summed E-state index contributed by atoms with van der Waals surface area (Å²) in [6, 6.07) is 0. The SMILES string of the molecule is N=C1CCCCCCCCC1. The number of hydrogen-bond acceptors (Lipinski definition) is 1. The van der Waals surface area contributed by atoms with E-state index >= 15 is 0 Å². The van der Waals surface area contributed by atoms with Crippen LogP contribution in [0.3, 0.4) is 0 Å². The highest BCUT2D eigenvalue weighted by Crippen LogP contribution is 2.14. The van der Waals surface area contributed by atoms with Crippen LogP contribution in [0.2, 0.25) is 0 Å². The van der Waals surface area contributed by atoms with E-state index in [0.29, 0.717) is 0 Å². The van der Waals surface area contributed by atoms with Gasteiger partial charge in [0.25, 0.3) is 0 Å². The Morgan fingerprint density at radius 1 is 0.636 bits per heavy atom. The van der Waals surface area contributed by atoms with Crippen LogP contribution in [0.5, 0.6) is 0 Å². The summed E-state index contributed by atoms with van der Waals surface area (Å²) in [5.41, 5.74) is 0.993. The molecule has 0 atom stereocenters. The van der Waals surface area contributed by atoms with E-state index in [1.165, 1.54) is 44.9 Å². The van der Waals surface area contributed by atoms with Gasteiger partial charge in [-0.25, -0.2) is 0 Å². The van der Waals surface area contributed by atoms with Crippen LogP contribution in [-0.2, 0) is 0 Å². The van der Waals surface area contributed by atoms with Crippen LogP contribution in [0.4, 0.5) is 0 Å². The second kappa shape index (κ2) is 5.34. The van der Waals surface area contributed by atoms with Crippen molar-refractivity contribution in [2.24, 2.45) is 0 Å². The van der Waals surface area contributed by atoms with E-state index in [-0.39, 0.29) is 0 Å². The molecule has 0 bridgehead atoms. The summed E-state index contributed by atoms with van der Waals surface area (Å²) >= 11 is 0. The Kier molecular flexibility index (Phi) is 4.25. The molecule has 1 heteroatoms. The summed E-state index contributed by atoms with van der Waals surface area (Å²) in [6.45, 7) is 0. The van der Waals surface area contributed by atoms with Crippen LogP contribution in [0.15, 0.2) is 0 Å².